The third kappa shape index (κ3) is 3.92. The molecule has 0 aliphatic rings. The lowest BCUT2D eigenvalue weighted by Gasteiger charge is -2.15. The van der Waals surface area contributed by atoms with Crippen LogP contribution in [0, 0.1) is 0 Å². The number of aromatic nitrogens is 1. The summed E-state index contributed by atoms with van der Waals surface area (Å²) >= 11 is 1.88. The van der Waals surface area contributed by atoms with E-state index in [-0.39, 0.29) is 0 Å². The number of nitrogens with zero attached hydrogens (tertiary/aromatic N) is 1. The first-order chi connectivity index (χ1) is 21.8. The smallest absolute Gasteiger partial charge is 0.0547 e. The second-order valence-electron chi connectivity index (χ2n) is 11.3. The standard InChI is InChI=1S/C42H27NS/c1-2-12-28(13-3-1)29-24-25-35-34-17-5-8-22-39(34)43(40(35)27-29)38-21-7-4-16-32(38)30-14-10-15-31(26-30)33-19-11-20-37-36-18-6-9-23-41(36)44-42(33)37/h1-27H. The normalized spacial score (nSPS) is 11.6. The van der Waals surface area contributed by atoms with Crippen LogP contribution < -0.4 is 0 Å². The van der Waals surface area contributed by atoms with Crippen LogP contribution in [0.15, 0.2) is 164 Å². The summed E-state index contributed by atoms with van der Waals surface area (Å²) in [5.74, 6) is 0. The number of hydrogen-bond donors (Lipinski definition) is 0. The van der Waals surface area contributed by atoms with Crippen LogP contribution >= 0.6 is 11.3 Å². The number of thiophene rings is 1. The van der Waals surface area contributed by atoms with Crippen LogP contribution in [-0.4, -0.2) is 4.57 Å². The predicted octanol–water partition coefficient (Wildman–Crippen LogP) is 12.2. The summed E-state index contributed by atoms with van der Waals surface area (Å²) in [6, 6.07) is 59.6. The molecular formula is C42H27NS. The molecule has 2 heteroatoms. The maximum atomic E-state index is 2.45. The highest BCUT2D eigenvalue weighted by molar-refractivity contribution is 7.26. The molecule has 9 rings (SSSR count). The summed E-state index contributed by atoms with van der Waals surface area (Å²) < 4.78 is 5.12. The largest absolute Gasteiger partial charge is 0.309 e. The van der Waals surface area contributed by atoms with Crippen molar-refractivity contribution >= 4 is 53.3 Å². The summed E-state index contributed by atoms with van der Waals surface area (Å²) in [6.45, 7) is 0. The van der Waals surface area contributed by atoms with Gasteiger partial charge in [0.1, 0.15) is 0 Å². The van der Waals surface area contributed by atoms with E-state index in [0.717, 1.165) is 0 Å². The van der Waals surface area contributed by atoms with Gasteiger partial charge in [-0.3, -0.25) is 0 Å². The molecule has 206 valence electrons. The predicted molar refractivity (Wildman–Crippen MR) is 190 cm³/mol. The van der Waals surface area contributed by atoms with Crippen molar-refractivity contribution in [3.8, 4) is 39.1 Å². The molecule has 0 saturated heterocycles. The van der Waals surface area contributed by atoms with Gasteiger partial charge in [-0.1, -0.05) is 133 Å². The number of para-hydroxylation sites is 2. The average molecular weight is 578 g/mol. The van der Waals surface area contributed by atoms with E-state index >= 15 is 0 Å². The Morgan fingerprint density at radius 3 is 1.91 bits per heavy atom. The number of hydrogen-bond acceptors (Lipinski definition) is 1. The van der Waals surface area contributed by atoms with E-state index in [1.165, 1.54) is 81.0 Å². The van der Waals surface area contributed by atoms with Crippen molar-refractivity contribution in [3.05, 3.63) is 164 Å². The lowest BCUT2D eigenvalue weighted by Crippen LogP contribution is -1.97. The monoisotopic (exact) mass is 577 g/mol. The highest BCUT2D eigenvalue weighted by atomic mass is 32.1. The molecule has 0 aliphatic heterocycles. The molecule has 0 aliphatic carbocycles. The van der Waals surface area contributed by atoms with Gasteiger partial charge in [0.15, 0.2) is 0 Å². The van der Waals surface area contributed by atoms with Crippen molar-refractivity contribution in [3.63, 3.8) is 0 Å². The van der Waals surface area contributed by atoms with E-state index in [1.54, 1.807) is 0 Å². The molecule has 44 heavy (non-hydrogen) atoms. The molecule has 0 atom stereocenters. The van der Waals surface area contributed by atoms with E-state index in [1.807, 2.05) is 11.3 Å². The Balaban J connectivity index is 1.26. The molecule has 2 heterocycles. The van der Waals surface area contributed by atoms with E-state index in [9.17, 15) is 0 Å². The first-order valence-electron chi connectivity index (χ1n) is 15.0. The van der Waals surface area contributed by atoms with Crippen LogP contribution in [0.5, 0.6) is 0 Å². The van der Waals surface area contributed by atoms with Crippen LogP contribution in [0.4, 0.5) is 0 Å². The molecule has 0 radical (unpaired) electrons. The molecule has 0 fully saturated rings. The lowest BCUT2D eigenvalue weighted by molar-refractivity contribution is 1.18. The van der Waals surface area contributed by atoms with Crippen molar-refractivity contribution in [2.75, 3.05) is 0 Å². The van der Waals surface area contributed by atoms with Crippen molar-refractivity contribution in [1.29, 1.82) is 0 Å². The van der Waals surface area contributed by atoms with Gasteiger partial charge in [-0.25, -0.2) is 0 Å². The zero-order valence-electron chi connectivity index (χ0n) is 23.9. The number of rotatable bonds is 4. The third-order valence-corrected chi connectivity index (χ3v) is 10.0. The Morgan fingerprint density at radius 2 is 1.00 bits per heavy atom. The van der Waals surface area contributed by atoms with Crippen molar-refractivity contribution in [1.82, 2.24) is 4.57 Å². The Bertz CT molecular complexity index is 2500. The first-order valence-corrected chi connectivity index (χ1v) is 15.8. The van der Waals surface area contributed by atoms with Crippen molar-refractivity contribution < 1.29 is 0 Å². The topological polar surface area (TPSA) is 4.93 Å². The summed E-state index contributed by atoms with van der Waals surface area (Å²) in [6.07, 6.45) is 0. The second kappa shape index (κ2) is 10.1. The Kier molecular flexibility index (Phi) is 5.75. The fourth-order valence-electron chi connectivity index (χ4n) is 6.78. The molecule has 0 saturated carbocycles. The highest BCUT2D eigenvalue weighted by Crippen LogP contribution is 2.42. The molecule has 0 spiro atoms. The summed E-state index contributed by atoms with van der Waals surface area (Å²) in [7, 11) is 0. The fourth-order valence-corrected chi connectivity index (χ4v) is 8.02. The van der Waals surface area contributed by atoms with Crippen molar-refractivity contribution in [2.24, 2.45) is 0 Å². The van der Waals surface area contributed by atoms with E-state index in [4.69, 9.17) is 0 Å². The van der Waals surface area contributed by atoms with Gasteiger partial charge in [0.25, 0.3) is 0 Å². The van der Waals surface area contributed by atoms with Crippen LogP contribution in [0.2, 0.25) is 0 Å². The van der Waals surface area contributed by atoms with Crippen LogP contribution in [0.1, 0.15) is 0 Å². The Morgan fingerprint density at radius 1 is 0.364 bits per heavy atom. The number of benzene rings is 7. The van der Waals surface area contributed by atoms with Crippen LogP contribution in [-0.2, 0) is 0 Å². The molecular weight excluding hydrogens is 551 g/mol. The summed E-state index contributed by atoms with van der Waals surface area (Å²) in [4.78, 5) is 0. The zero-order valence-corrected chi connectivity index (χ0v) is 24.8. The van der Waals surface area contributed by atoms with Gasteiger partial charge in [-0.05, 0) is 58.1 Å². The Hall–Kier alpha value is -5.44. The maximum absolute atomic E-state index is 2.45. The number of fused-ring (bicyclic) bond motifs is 6. The lowest BCUT2D eigenvalue weighted by atomic mass is 9.97. The Labute approximate surface area is 259 Å². The molecule has 0 bridgehead atoms. The average Bonchev–Trinajstić information content (AvgIpc) is 3.64. The molecule has 2 aromatic heterocycles. The van der Waals surface area contributed by atoms with E-state index < -0.39 is 0 Å². The molecule has 0 amide bonds. The van der Waals surface area contributed by atoms with E-state index in [2.05, 4.69) is 168 Å². The summed E-state index contributed by atoms with van der Waals surface area (Å²) in [5.41, 5.74) is 11.0. The van der Waals surface area contributed by atoms with Gasteiger partial charge < -0.3 is 4.57 Å². The minimum Gasteiger partial charge on any atom is -0.309 e. The van der Waals surface area contributed by atoms with E-state index in [0.29, 0.717) is 0 Å². The first kappa shape index (κ1) is 25.1. The minimum absolute atomic E-state index is 1.18. The van der Waals surface area contributed by atoms with Gasteiger partial charge in [0.2, 0.25) is 0 Å². The van der Waals surface area contributed by atoms with Crippen LogP contribution in [0.25, 0.3) is 81.0 Å². The zero-order chi connectivity index (χ0) is 29.0. The third-order valence-electron chi connectivity index (χ3n) is 8.81. The summed E-state index contributed by atoms with van der Waals surface area (Å²) in [5, 5.41) is 5.19. The second-order valence-corrected chi connectivity index (χ2v) is 12.4. The maximum Gasteiger partial charge on any atom is 0.0547 e. The highest BCUT2D eigenvalue weighted by Gasteiger charge is 2.17. The molecule has 0 unspecified atom stereocenters. The van der Waals surface area contributed by atoms with Gasteiger partial charge in [0.05, 0.1) is 16.7 Å². The SMILES string of the molecule is c1ccc(-c2ccc3c4ccccc4n(-c4ccccc4-c4cccc(-c5cccc6c5sc5ccccc56)c4)c3c2)cc1. The molecule has 1 nitrogen and oxygen atoms in total. The van der Waals surface area contributed by atoms with Gasteiger partial charge in [-0.15, -0.1) is 11.3 Å². The molecule has 0 N–H and O–H groups in total. The quantitative estimate of drug-likeness (QED) is 0.196. The van der Waals surface area contributed by atoms with Gasteiger partial charge in [0, 0.05) is 36.5 Å². The van der Waals surface area contributed by atoms with Crippen molar-refractivity contribution in [2.45, 2.75) is 0 Å². The minimum atomic E-state index is 1.18. The molecule has 9 aromatic rings. The van der Waals surface area contributed by atoms with Gasteiger partial charge in [-0.2, -0.15) is 0 Å². The fraction of sp³-hybridized carbons (Fsp3) is 0. The van der Waals surface area contributed by atoms with Gasteiger partial charge >= 0.3 is 0 Å². The van der Waals surface area contributed by atoms with Crippen LogP contribution in [0.3, 0.4) is 0 Å². The molecule has 7 aromatic carbocycles.